The predicted molar refractivity (Wildman–Crippen MR) is 111 cm³/mol. The second kappa shape index (κ2) is 8.03. The van der Waals surface area contributed by atoms with Crippen LogP contribution in [-0.2, 0) is 10.0 Å². The molecule has 0 saturated carbocycles. The van der Waals surface area contributed by atoms with Gasteiger partial charge in [0.2, 0.25) is 9.76 Å². The Balaban J connectivity index is 2.29. The number of aldehydes is 1. The zero-order valence-electron chi connectivity index (χ0n) is 16.0. The molecule has 0 heterocycles. The van der Waals surface area contributed by atoms with Crippen molar-refractivity contribution in [3.05, 3.63) is 107 Å². The Kier molecular flexibility index (Phi) is 5.73. The Hall–Kier alpha value is -2.49. The fraction of sp³-hybridized carbons (Fsp3) is 0.208. The Morgan fingerprint density at radius 1 is 0.741 bits per heavy atom. The first-order valence-electron chi connectivity index (χ1n) is 9.08. The minimum atomic E-state index is -0.771. The minimum Gasteiger partial charge on any atom is -0.400 e. The molecule has 0 spiro atoms. The topological polar surface area (TPSA) is 26.3 Å². The standard InChI is InChI=1S/C24H24O2Si/c1-23(2,3)27-26-24(20-12-6-4-7-13-20,21-14-8-5-9-15-21)22-16-10-11-19(17-22)18-25/h4-18H,1-3H3. The summed E-state index contributed by atoms with van der Waals surface area (Å²) in [5, 5.41) is 0.0249. The fourth-order valence-electron chi connectivity index (χ4n) is 3.08. The van der Waals surface area contributed by atoms with E-state index in [1.807, 2.05) is 60.7 Å². The second-order valence-corrected chi connectivity index (χ2v) is 9.52. The molecule has 0 aliphatic rings. The molecule has 0 bridgehead atoms. The van der Waals surface area contributed by atoms with Crippen LogP contribution in [0.4, 0.5) is 0 Å². The van der Waals surface area contributed by atoms with E-state index in [2.05, 4.69) is 45.0 Å². The highest BCUT2D eigenvalue weighted by Crippen LogP contribution is 2.42. The highest BCUT2D eigenvalue weighted by atomic mass is 28.2. The van der Waals surface area contributed by atoms with Gasteiger partial charge in [0, 0.05) is 5.56 Å². The lowest BCUT2D eigenvalue weighted by Gasteiger charge is -2.38. The highest BCUT2D eigenvalue weighted by molar-refractivity contribution is 6.32. The van der Waals surface area contributed by atoms with Crippen LogP contribution in [0, 0.1) is 0 Å². The lowest BCUT2D eigenvalue weighted by Crippen LogP contribution is -2.36. The van der Waals surface area contributed by atoms with E-state index in [4.69, 9.17) is 4.43 Å². The number of carbonyl (C=O) groups is 1. The molecule has 27 heavy (non-hydrogen) atoms. The van der Waals surface area contributed by atoms with E-state index in [0.717, 1.165) is 23.0 Å². The van der Waals surface area contributed by atoms with Gasteiger partial charge in [0.25, 0.3) is 0 Å². The maximum Gasteiger partial charge on any atom is 0.237 e. The highest BCUT2D eigenvalue weighted by Gasteiger charge is 2.38. The second-order valence-electron chi connectivity index (χ2n) is 7.61. The van der Waals surface area contributed by atoms with E-state index < -0.39 is 5.60 Å². The molecule has 0 amide bonds. The minimum absolute atomic E-state index is 0.0249. The smallest absolute Gasteiger partial charge is 0.237 e. The van der Waals surface area contributed by atoms with Crippen molar-refractivity contribution in [2.75, 3.05) is 0 Å². The molecule has 3 aromatic rings. The predicted octanol–water partition coefficient (Wildman–Crippen LogP) is 5.65. The molecule has 3 aromatic carbocycles. The van der Waals surface area contributed by atoms with E-state index in [1.165, 1.54) is 0 Å². The Morgan fingerprint density at radius 2 is 1.26 bits per heavy atom. The molecule has 2 radical (unpaired) electrons. The molecule has 0 aliphatic carbocycles. The first kappa shape index (κ1) is 19.3. The molecule has 0 N–H and O–H groups in total. The Labute approximate surface area is 164 Å². The van der Waals surface area contributed by atoms with Gasteiger partial charge in [-0.3, -0.25) is 4.79 Å². The molecule has 0 saturated heterocycles. The lowest BCUT2D eigenvalue weighted by atomic mass is 9.80. The average molecular weight is 373 g/mol. The lowest BCUT2D eigenvalue weighted by molar-refractivity contribution is 0.112. The van der Waals surface area contributed by atoms with Gasteiger partial charge in [0.15, 0.2) is 0 Å². The van der Waals surface area contributed by atoms with Crippen molar-refractivity contribution in [2.45, 2.75) is 31.4 Å². The largest absolute Gasteiger partial charge is 0.400 e. The Morgan fingerprint density at radius 3 is 1.74 bits per heavy atom. The summed E-state index contributed by atoms with van der Waals surface area (Å²) in [5.74, 6) is 0. The summed E-state index contributed by atoms with van der Waals surface area (Å²) in [7, 11) is 0.279. The van der Waals surface area contributed by atoms with Crippen LogP contribution >= 0.6 is 0 Å². The number of hydrogen-bond acceptors (Lipinski definition) is 2. The van der Waals surface area contributed by atoms with Crippen LogP contribution in [0.3, 0.4) is 0 Å². The quantitative estimate of drug-likeness (QED) is 0.318. The molecule has 0 aliphatic heterocycles. The van der Waals surface area contributed by atoms with Gasteiger partial charge in [-0.15, -0.1) is 0 Å². The van der Waals surface area contributed by atoms with E-state index in [9.17, 15) is 4.79 Å². The fourth-order valence-corrected chi connectivity index (χ4v) is 3.90. The monoisotopic (exact) mass is 372 g/mol. The molecule has 136 valence electrons. The first-order chi connectivity index (χ1) is 13.0. The van der Waals surface area contributed by atoms with Crippen molar-refractivity contribution < 1.29 is 9.22 Å². The molecule has 0 aromatic heterocycles. The summed E-state index contributed by atoms with van der Waals surface area (Å²) in [4.78, 5) is 11.4. The summed E-state index contributed by atoms with van der Waals surface area (Å²) in [6, 6.07) is 28.2. The number of rotatable bonds is 6. The van der Waals surface area contributed by atoms with Gasteiger partial charge in [-0.25, -0.2) is 0 Å². The number of hydrogen-bond donors (Lipinski definition) is 0. The van der Waals surface area contributed by atoms with Crippen LogP contribution in [0.15, 0.2) is 84.9 Å². The summed E-state index contributed by atoms with van der Waals surface area (Å²) < 4.78 is 6.76. The number of carbonyl (C=O) groups excluding carboxylic acids is 1. The molecule has 0 atom stereocenters. The summed E-state index contributed by atoms with van der Waals surface area (Å²) in [6.07, 6.45) is 0.885. The zero-order valence-corrected chi connectivity index (χ0v) is 17.0. The van der Waals surface area contributed by atoms with E-state index >= 15 is 0 Å². The number of benzene rings is 3. The summed E-state index contributed by atoms with van der Waals surface area (Å²) >= 11 is 0. The van der Waals surface area contributed by atoms with Gasteiger partial charge in [0.05, 0.1) is 0 Å². The van der Waals surface area contributed by atoms with Gasteiger partial charge in [-0.05, 0) is 27.8 Å². The van der Waals surface area contributed by atoms with E-state index in [1.54, 1.807) is 0 Å². The van der Waals surface area contributed by atoms with Crippen LogP contribution in [-0.4, -0.2) is 16.0 Å². The van der Waals surface area contributed by atoms with Crippen LogP contribution in [0.25, 0.3) is 0 Å². The molecule has 2 nitrogen and oxygen atoms in total. The SMILES string of the molecule is CC(C)(C)[Si]OC(c1ccccc1)(c1ccccc1)c1cccc(C=O)c1. The molecular formula is C24H24O2Si. The van der Waals surface area contributed by atoms with E-state index in [0.29, 0.717) is 5.56 Å². The van der Waals surface area contributed by atoms with Crippen molar-refractivity contribution in [3.8, 4) is 0 Å². The first-order valence-corrected chi connectivity index (χ1v) is 9.98. The molecule has 0 fully saturated rings. The third-order valence-corrected chi connectivity index (χ3v) is 5.32. The summed E-state index contributed by atoms with van der Waals surface area (Å²) in [6.45, 7) is 6.52. The van der Waals surface area contributed by atoms with Crippen LogP contribution in [0.1, 0.15) is 47.8 Å². The maximum atomic E-state index is 11.4. The normalized spacial score (nSPS) is 12.0. The molecule has 3 heteroatoms. The third kappa shape index (κ3) is 4.26. The van der Waals surface area contributed by atoms with Crippen LogP contribution < -0.4 is 0 Å². The molecule has 0 unspecified atom stereocenters. The van der Waals surface area contributed by atoms with E-state index in [-0.39, 0.29) is 14.8 Å². The zero-order chi connectivity index (χ0) is 19.3. The average Bonchev–Trinajstić information content (AvgIpc) is 2.69. The maximum absolute atomic E-state index is 11.4. The summed E-state index contributed by atoms with van der Waals surface area (Å²) in [5.41, 5.74) is 2.94. The van der Waals surface area contributed by atoms with Crippen LogP contribution in [0.2, 0.25) is 5.04 Å². The van der Waals surface area contributed by atoms with Gasteiger partial charge in [-0.1, -0.05) is 99.6 Å². The van der Waals surface area contributed by atoms with Gasteiger partial charge < -0.3 is 4.43 Å². The van der Waals surface area contributed by atoms with Crippen LogP contribution in [0.5, 0.6) is 0 Å². The van der Waals surface area contributed by atoms with Crippen molar-refractivity contribution in [3.63, 3.8) is 0 Å². The van der Waals surface area contributed by atoms with Crippen molar-refractivity contribution in [2.24, 2.45) is 0 Å². The van der Waals surface area contributed by atoms with Gasteiger partial charge in [-0.2, -0.15) is 0 Å². The van der Waals surface area contributed by atoms with Gasteiger partial charge in [0.1, 0.15) is 11.9 Å². The third-order valence-electron chi connectivity index (χ3n) is 4.30. The van der Waals surface area contributed by atoms with Crippen molar-refractivity contribution >= 4 is 16.0 Å². The van der Waals surface area contributed by atoms with Crippen molar-refractivity contribution in [1.29, 1.82) is 0 Å². The van der Waals surface area contributed by atoms with Gasteiger partial charge >= 0.3 is 0 Å². The van der Waals surface area contributed by atoms with Crippen molar-refractivity contribution in [1.82, 2.24) is 0 Å². The molecular weight excluding hydrogens is 348 g/mol. The Bertz CT molecular complexity index is 844. The molecule has 3 rings (SSSR count).